The molecule has 1 nitrogen and oxygen atoms in total. The molecule has 1 aliphatic rings. The second-order valence-electron chi connectivity index (χ2n) is 4.53. The van der Waals surface area contributed by atoms with Gasteiger partial charge in [0.15, 0.2) is 0 Å². The van der Waals surface area contributed by atoms with Crippen molar-refractivity contribution in [3.8, 4) is 0 Å². The van der Waals surface area contributed by atoms with Crippen LogP contribution in [0.5, 0.6) is 0 Å². The molecule has 0 bridgehead atoms. The zero-order valence-corrected chi connectivity index (χ0v) is 8.22. The van der Waals surface area contributed by atoms with Gasteiger partial charge in [0, 0.05) is 18.0 Å². The first-order chi connectivity index (χ1) is 6.43. The molecule has 0 saturated heterocycles. The van der Waals surface area contributed by atoms with Crippen LogP contribution < -0.4 is 5.73 Å². The SMILES string of the molecule is CC1(C)C(N)C1c1cc(F)cc(F)c1. The monoisotopic (exact) mass is 197 g/mol. The highest BCUT2D eigenvalue weighted by Gasteiger charge is 2.56. The lowest BCUT2D eigenvalue weighted by Gasteiger charge is -2.03. The summed E-state index contributed by atoms with van der Waals surface area (Å²) in [7, 11) is 0. The average molecular weight is 197 g/mol. The van der Waals surface area contributed by atoms with Crippen LogP contribution >= 0.6 is 0 Å². The molecule has 0 aromatic heterocycles. The van der Waals surface area contributed by atoms with Crippen molar-refractivity contribution in [2.24, 2.45) is 11.1 Å². The average Bonchev–Trinajstić information content (AvgIpc) is 2.48. The van der Waals surface area contributed by atoms with Crippen LogP contribution in [0.15, 0.2) is 18.2 Å². The maximum Gasteiger partial charge on any atom is 0.126 e. The van der Waals surface area contributed by atoms with Gasteiger partial charge in [-0.05, 0) is 23.1 Å². The molecule has 0 radical (unpaired) electrons. The number of hydrogen-bond donors (Lipinski definition) is 1. The summed E-state index contributed by atoms with van der Waals surface area (Å²) in [5, 5.41) is 0. The normalized spacial score (nSPS) is 28.9. The van der Waals surface area contributed by atoms with Gasteiger partial charge >= 0.3 is 0 Å². The molecule has 76 valence electrons. The molecule has 1 fully saturated rings. The molecule has 2 unspecified atom stereocenters. The summed E-state index contributed by atoms with van der Waals surface area (Å²) in [5.41, 5.74) is 6.46. The summed E-state index contributed by atoms with van der Waals surface area (Å²) in [4.78, 5) is 0. The number of benzene rings is 1. The number of rotatable bonds is 1. The van der Waals surface area contributed by atoms with Gasteiger partial charge in [-0.2, -0.15) is 0 Å². The van der Waals surface area contributed by atoms with E-state index in [0.717, 1.165) is 6.07 Å². The Morgan fingerprint density at radius 1 is 1.14 bits per heavy atom. The molecule has 0 aliphatic heterocycles. The highest BCUT2D eigenvalue weighted by atomic mass is 19.1. The molecule has 0 spiro atoms. The van der Waals surface area contributed by atoms with E-state index in [2.05, 4.69) is 0 Å². The number of hydrogen-bond acceptors (Lipinski definition) is 1. The van der Waals surface area contributed by atoms with Crippen molar-refractivity contribution in [1.29, 1.82) is 0 Å². The first kappa shape index (κ1) is 9.59. The van der Waals surface area contributed by atoms with Crippen LogP contribution in [-0.4, -0.2) is 6.04 Å². The molecule has 1 saturated carbocycles. The summed E-state index contributed by atoms with van der Waals surface area (Å²) in [6, 6.07) is 3.61. The molecule has 3 heteroatoms. The first-order valence-electron chi connectivity index (χ1n) is 4.64. The maximum atomic E-state index is 12.9. The molecule has 0 heterocycles. The lowest BCUT2D eigenvalue weighted by Crippen LogP contribution is -2.06. The van der Waals surface area contributed by atoms with Crippen molar-refractivity contribution in [3.05, 3.63) is 35.4 Å². The van der Waals surface area contributed by atoms with Crippen molar-refractivity contribution < 1.29 is 8.78 Å². The minimum Gasteiger partial charge on any atom is -0.327 e. The van der Waals surface area contributed by atoms with Crippen molar-refractivity contribution in [2.45, 2.75) is 25.8 Å². The molecular weight excluding hydrogens is 184 g/mol. The highest BCUT2D eigenvalue weighted by molar-refractivity contribution is 5.34. The zero-order valence-electron chi connectivity index (χ0n) is 8.22. The van der Waals surface area contributed by atoms with E-state index < -0.39 is 11.6 Å². The van der Waals surface area contributed by atoms with Crippen LogP contribution in [0.25, 0.3) is 0 Å². The van der Waals surface area contributed by atoms with E-state index in [1.54, 1.807) is 0 Å². The summed E-state index contributed by atoms with van der Waals surface area (Å²) in [6.07, 6.45) is 0. The second kappa shape index (κ2) is 2.76. The van der Waals surface area contributed by atoms with Gasteiger partial charge in [-0.3, -0.25) is 0 Å². The van der Waals surface area contributed by atoms with E-state index >= 15 is 0 Å². The van der Waals surface area contributed by atoms with Crippen LogP contribution in [0.3, 0.4) is 0 Å². The molecular formula is C11H13F2N. The Kier molecular flexibility index (Phi) is 1.89. The van der Waals surface area contributed by atoms with E-state index in [1.165, 1.54) is 12.1 Å². The van der Waals surface area contributed by atoms with E-state index in [0.29, 0.717) is 5.56 Å². The fraction of sp³-hybridized carbons (Fsp3) is 0.455. The maximum absolute atomic E-state index is 12.9. The van der Waals surface area contributed by atoms with Crippen LogP contribution in [-0.2, 0) is 0 Å². The molecule has 14 heavy (non-hydrogen) atoms. The minimum absolute atomic E-state index is 0.00343. The van der Waals surface area contributed by atoms with E-state index in [9.17, 15) is 8.78 Å². The van der Waals surface area contributed by atoms with Crippen molar-refractivity contribution >= 4 is 0 Å². The van der Waals surface area contributed by atoms with Gasteiger partial charge in [-0.25, -0.2) is 8.78 Å². The Balaban J connectivity index is 2.35. The minimum atomic E-state index is -0.532. The molecule has 2 rings (SSSR count). The highest BCUT2D eigenvalue weighted by Crippen LogP contribution is 2.57. The molecule has 0 amide bonds. The van der Waals surface area contributed by atoms with Crippen LogP contribution in [0.4, 0.5) is 8.78 Å². The van der Waals surface area contributed by atoms with Gasteiger partial charge in [0.25, 0.3) is 0 Å². The van der Waals surface area contributed by atoms with Crippen LogP contribution in [0, 0.1) is 17.0 Å². The molecule has 2 atom stereocenters. The van der Waals surface area contributed by atoms with Gasteiger partial charge in [0.2, 0.25) is 0 Å². The van der Waals surface area contributed by atoms with E-state index in [4.69, 9.17) is 5.73 Å². The smallest absolute Gasteiger partial charge is 0.126 e. The molecule has 1 aliphatic carbocycles. The summed E-state index contributed by atoms with van der Waals surface area (Å²) in [5.74, 6) is -0.988. The third-order valence-electron chi connectivity index (χ3n) is 3.15. The van der Waals surface area contributed by atoms with Gasteiger partial charge in [0.05, 0.1) is 0 Å². The molecule has 1 aromatic carbocycles. The summed E-state index contributed by atoms with van der Waals surface area (Å²) in [6.45, 7) is 4.01. The third kappa shape index (κ3) is 1.32. The first-order valence-corrected chi connectivity index (χ1v) is 4.64. The van der Waals surface area contributed by atoms with Gasteiger partial charge in [-0.15, -0.1) is 0 Å². The largest absolute Gasteiger partial charge is 0.327 e. The quantitative estimate of drug-likeness (QED) is 0.735. The van der Waals surface area contributed by atoms with Gasteiger partial charge < -0.3 is 5.73 Å². The van der Waals surface area contributed by atoms with Crippen molar-refractivity contribution in [3.63, 3.8) is 0 Å². The van der Waals surface area contributed by atoms with Crippen molar-refractivity contribution in [2.75, 3.05) is 0 Å². The van der Waals surface area contributed by atoms with Gasteiger partial charge in [0.1, 0.15) is 11.6 Å². The predicted molar refractivity (Wildman–Crippen MR) is 50.9 cm³/mol. The third-order valence-corrected chi connectivity index (χ3v) is 3.15. The Labute approximate surface area is 81.9 Å². The van der Waals surface area contributed by atoms with Crippen molar-refractivity contribution in [1.82, 2.24) is 0 Å². The summed E-state index contributed by atoms with van der Waals surface area (Å²) < 4.78 is 25.8. The summed E-state index contributed by atoms with van der Waals surface area (Å²) >= 11 is 0. The van der Waals surface area contributed by atoms with Crippen LogP contribution in [0.2, 0.25) is 0 Å². The van der Waals surface area contributed by atoms with E-state index in [-0.39, 0.29) is 17.4 Å². The lowest BCUT2D eigenvalue weighted by atomic mass is 10.0. The molecule has 2 N–H and O–H groups in total. The van der Waals surface area contributed by atoms with E-state index in [1.807, 2.05) is 13.8 Å². The Bertz CT molecular complexity index is 353. The fourth-order valence-electron chi connectivity index (χ4n) is 2.07. The Morgan fingerprint density at radius 2 is 1.57 bits per heavy atom. The topological polar surface area (TPSA) is 26.0 Å². The molecule has 1 aromatic rings. The standard InChI is InChI=1S/C11H13F2N/c1-11(2)9(10(11)14)6-3-7(12)5-8(13)4-6/h3-5,9-10H,14H2,1-2H3. The number of halogens is 2. The Morgan fingerprint density at radius 3 is 1.93 bits per heavy atom. The van der Waals surface area contributed by atoms with Gasteiger partial charge in [-0.1, -0.05) is 13.8 Å². The second-order valence-corrected chi connectivity index (χ2v) is 4.53. The Hall–Kier alpha value is -0.960. The zero-order chi connectivity index (χ0) is 10.5. The number of nitrogens with two attached hydrogens (primary N) is 1. The lowest BCUT2D eigenvalue weighted by molar-refractivity contribution is 0.571. The van der Waals surface area contributed by atoms with Crippen LogP contribution in [0.1, 0.15) is 25.3 Å². The predicted octanol–water partition coefficient (Wildman–Crippen LogP) is 2.42. The fourth-order valence-corrected chi connectivity index (χ4v) is 2.07.